The number of anilines is 1. The van der Waals surface area contributed by atoms with E-state index in [0.29, 0.717) is 18.1 Å². The zero-order valence-electron chi connectivity index (χ0n) is 12.4. The molecule has 1 aliphatic rings. The molecule has 0 bridgehead atoms. The van der Waals surface area contributed by atoms with Crippen molar-refractivity contribution in [2.75, 3.05) is 39.0 Å². The number of rotatable bonds is 4. The van der Waals surface area contributed by atoms with Crippen LogP contribution in [-0.4, -0.2) is 54.5 Å². The van der Waals surface area contributed by atoms with Crippen LogP contribution in [0.4, 0.5) is 5.82 Å². The zero-order valence-corrected chi connectivity index (χ0v) is 12.4. The molecule has 20 heavy (non-hydrogen) atoms. The molecule has 1 aromatic heterocycles. The lowest BCUT2D eigenvalue weighted by Gasteiger charge is -2.37. The van der Waals surface area contributed by atoms with Gasteiger partial charge in [0.05, 0.1) is 12.4 Å². The van der Waals surface area contributed by atoms with E-state index < -0.39 is 0 Å². The molecular weight excluding hydrogens is 254 g/mol. The fourth-order valence-corrected chi connectivity index (χ4v) is 2.32. The molecule has 2 N–H and O–H groups in total. The summed E-state index contributed by atoms with van der Waals surface area (Å²) in [4.78, 5) is 22.6. The van der Waals surface area contributed by atoms with Crippen LogP contribution in [0.5, 0.6) is 0 Å². The summed E-state index contributed by atoms with van der Waals surface area (Å²) in [6, 6.07) is 0. The molecule has 1 aromatic rings. The van der Waals surface area contributed by atoms with Crippen LogP contribution in [-0.2, 0) is 0 Å². The SMILES string of the molecule is CNc1cncc(C(=O)NCC2(C)CCN(C)CC2)n1. The van der Waals surface area contributed by atoms with E-state index in [1.807, 2.05) is 0 Å². The van der Waals surface area contributed by atoms with Gasteiger partial charge in [0, 0.05) is 13.6 Å². The minimum atomic E-state index is -0.158. The second-order valence-electron chi connectivity index (χ2n) is 5.84. The van der Waals surface area contributed by atoms with Gasteiger partial charge in [-0.25, -0.2) is 4.98 Å². The minimum absolute atomic E-state index is 0.158. The zero-order chi connectivity index (χ0) is 14.6. The van der Waals surface area contributed by atoms with Gasteiger partial charge in [0.2, 0.25) is 0 Å². The van der Waals surface area contributed by atoms with Crippen molar-refractivity contribution in [1.82, 2.24) is 20.2 Å². The first-order chi connectivity index (χ1) is 9.52. The smallest absolute Gasteiger partial charge is 0.271 e. The number of hydrogen-bond acceptors (Lipinski definition) is 5. The number of nitrogens with one attached hydrogen (secondary N) is 2. The number of amides is 1. The molecule has 1 fully saturated rings. The van der Waals surface area contributed by atoms with Crippen molar-refractivity contribution < 1.29 is 4.79 Å². The second kappa shape index (κ2) is 6.17. The minimum Gasteiger partial charge on any atom is -0.372 e. The molecular formula is C14H23N5O. The Labute approximate surface area is 120 Å². The molecule has 1 amide bonds. The maximum Gasteiger partial charge on any atom is 0.271 e. The molecule has 0 unspecified atom stereocenters. The van der Waals surface area contributed by atoms with Gasteiger partial charge in [0.15, 0.2) is 0 Å². The Kier molecular flexibility index (Phi) is 4.54. The van der Waals surface area contributed by atoms with E-state index in [4.69, 9.17) is 0 Å². The van der Waals surface area contributed by atoms with Crippen molar-refractivity contribution in [2.24, 2.45) is 5.41 Å². The average Bonchev–Trinajstić information content (AvgIpc) is 2.48. The van der Waals surface area contributed by atoms with Crippen LogP contribution in [0.25, 0.3) is 0 Å². The number of carbonyl (C=O) groups is 1. The van der Waals surface area contributed by atoms with Crippen LogP contribution in [0, 0.1) is 5.41 Å². The summed E-state index contributed by atoms with van der Waals surface area (Å²) in [7, 11) is 3.89. The summed E-state index contributed by atoms with van der Waals surface area (Å²) in [6.07, 6.45) is 5.29. The lowest BCUT2D eigenvalue weighted by atomic mass is 9.80. The fraction of sp³-hybridized carbons (Fsp3) is 0.643. The first-order valence-electron chi connectivity index (χ1n) is 6.99. The molecule has 1 aliphatic heterocycles. The van der Waals surface area contributed by atoms with E-state index in [1.54, 1.807) is 13.2 Å². The van der Waals surface area contributed by atoms with E-state index in [-0.39, 0.29) is 11.3 Å². The Morgan fingerprint density at radius 2 is 2.10 bits per heavy atom. The Balaban J connectivity index is 1.91. The predicted octanol–water partition coefficient (Wildman–Crippen LogP) is 0.980. The Bertz CT molecular complexity index is 468. The van der Waals surface area contributed by atoms with Crippen molar-refractivity contribution in [3.8, 4) is 0 Å². The number of hydrogen-bond donors (Lipinski definition) is 2. The predicted molar refractivity (Wildman–Crippen MR) is 78.7 cm³/mol. The molecule has 2 rings (SSSR count). The van der Waals surface area contributed by atoms with Crippen molar-refractivity contribution in [3.05, 3.63) is 18.1 Å². The van der Waals surface area contributed by atoms with Crippen LogP contribution < -0.4 is 10.6 Å². The van der Waals surface area contributed by atoms with Gasteiger partial charge in [-0.3, -0.25) is 9.78 Å². The lowest BCUT2D eigenvalue weighted by Crippen LogP contribution is -2.43. The molecule has 0 aromatic carbocycles. The van der Waals surface area contributed by atoms with Crippen molar-refractivity contribution in [3.63, 3.8) is 0 Å². The van der Waals surface area contributed by atoms with Crippen LogP contribution >= 0.6 is 0 Å². The van der Waals surface area contributed by atoms with Gasteiger partial charge in [0.25, 0.3) is 5.91 Å². The molecule has 1 saturated heterocycles. The summed E-state index contributed by atoms with van der Waals surface area (Å²) in [5.41, 5.74) is 0.532. The molecule has 2 heterocycles. The first-order valence-corrected chi connectivity index (χ1v) is 6.99. The van der Waals surface area contributed by atoms with E-state index in [2.05, 4.69) is 39.5 Å². The Hall–Kier alpha value is -1.69. The van der Waals surface area contributed by atoms with Crippen molar-refractivity contribution in [2.45, 2.75) is 19.8 Å². The third kappa shape index (κ3) is 3.66. The van der Waals surface area contributed by atoms with Crippen LogP contribution in [0.1, 0.15) is 30.3 Å². The van der Waals surface area contributed by atoms with Gasteiger partial charge in [-0.2, -0.15) is 0 Å². The maximum atomic E-state index is 12.1. The van der Waals surface area contributed by atoms with Crippen molar-refractivity contribution >= 4 is 11.7 Å². The van der Waals surface area contributed by atoms with Gasteiger partial charge in [-0.1, -0.05) is 6.92 Å². The highest BCUT2D eigenvalue weighted by Gasteiger charge is 2.29. The third-order valence-corrected chi connectivity index (χ3v) is 3.99. The molecule has 0 radical (unpaired) electrons. The first kappa shape index (κ1) is 14.7. The second-order valence-corrected chi connectivity index (χ2v) is 5.84. The number of aromatic nitrogens is 2. The normalized spacial score (nSPS) is 18.6. The highest BCUT2D eigenvalue weighted by atomic mass is 16.1. The Morgan fingerprint density at radius 1 is 1.40 bits per heavy atom. The monoisotopic (exact) mass is 277 g/mol. The molecule has 110 valence electrons. The number of likely N-dealkylation sites (tertiary alicyclic amines) is 1. The summed E-state index contributed by atoms with van der Waals surface area (Å²) in [6.45, 7) is 5.09. The molecule has 0 spiro atoms. The summed E-state index contributed by atoms with van der Waals surface area (Å²) < 4.78 is 0. The molecule has 0 saturated carbocycles. The molecule has 6 nitrogen and oxygen atoms in total. The molecule has 0 atom stereocenters. The third-order valence-electron chi connectivity index (χ3n) is 3.99. The van der Waals surface area contributed by atoms with Crippen LogP contribution in [0.15, 0.2) is 12.4 Å². The van der Waals surface area contributed by atoms with E-state index in [1.165, 1.54) is 6.20 Å². The number of carbonyl (C=O) groups excluding carboxylic acids is 1. The molecule has 6 heteroatoms. The largest absolute Gasteiger partial charge is 0.372 e. The van der Waals surface area contributed by atoms with Gasteiger partial charge in [-0.05, 0) is 38.4 Å². The van der Waals surface area contributed by atoms with Gasteiger partial charge >= 0.3 is 0 Å². The quantitative estimate of drug-likeness (QED) is 0.858. The van der Waals surface area contributed by atoms with Crippen molar-refractivity contribution in [1.29, 1.82) is 0 Å². The van der Waals surface area contributed by atoms with Gasteiger partial charge in [0.1, 0.15) is 11.5 Å². The summed E-state index contributed by atoms with van der Waals surface area (Å²) in [5.74, 6) is 0.443. The Morgan fingerprint density at radius 3 is 2.75 bits per heavy atom. The maximum absolute atomic E-state index is 12.1. The lowest BCUT2D eigenvalue weighted by molar-refractivity contribution is 0.0886. The average molecular weight is 277 g/mol. The number of piperidine rings is 1. The summed E-state index contributed by atoms with van der Waals surface area (Å²) in [5, 5.41) is 5.87. The fourth-order valence-electron chi connectivity index (χ4n) is 2.32. The van der Waals surface area contributed by atoms with Gasteiger partial charge < -0.3 is 15.5 Å². The van der Waals surface area contributed by atoms with Crippen LogP contribution in [0.2, 0.25) is 0 Å². The molecule has 0 aliphatic carbocycles. The summed E-state index contributed by atoms with van der Waals surface area (Å²) >= 11 is 0. The van der Waals surface area contributed by atoms with E-state index in [0.717, 1.165) is 25.9 Å². The topological polar surface area (TPSA) is 70.2 Å². The number of nitrogens with zero attached hydrogens (tertiary/aromatic N) is 3. The standard InChI is InChI=1S/C14H23N5O/c1-14(4-6-19(3)7-5-14)10-17-13(20)11-8-16-9-12(15-2)18-11/h8-9H,4-7,10H2,1-3H3,(H,15,18)(H,17,20). The van der Waals surface area contributed by atoms with E-state index >= 15 is 0 Å². The van der Waals surface area contributed by atoms with Gasteiger partial charge in [-0.15, -0.1) is 0 Å². The van der Waals surface area contributed by atoms with Crippen LogP contribution in [0.3, 0.4) is 0 Å². The highest BCUT2D eigenvalue weighted by Crippen LogP contribution is 2.29. The van der Waals surface area contributed by atoms with E-state index in [9.17, 15) is 4.79 Å². The highest BCUT2D eigenvalue weighted by molar-refractivity contribution is 5.92.